The van der Waals surface area contributed by atoms with Gasteiger partial charge in [-0.2, -0.15) is 0 Å². The molecule has 0 heterocycles. The summed E-state index contributed by atoms with van der Waals surface area (Å²) in [5.74, 6) is 0.715. The van der Waals surface area contributed by atoms with Crippen molar-refractivity contribution in [3.8, 4) is 0 Å². The van der Waals surface area contributed by atoms with E-state index in [4.69, 9.17) is 0 Å². The highest BCUT2D eigenvalue weighted by Crippen LogP contribution is 2.55. The Morgan fingerprint density at radius 1 is 1.25 bits per heavy atom. The first-order chi connectivity index (χ1) is 9.38. The van der Waals surface area contributed by atoms with E-state index in [0.717, 1.165) is 0 Å². The first kappa shape index (κ1) is 17.8. The highest BCUT2D eigenvalue weighted by atomic mass is 14.5. The summed E-state index contributed by atoms with van der Waals surface area (Å²) in [5, 5.41) is 0. The molecule has 0 aromatic heterocycles. The van der Waals surface area contributed by atoms with Gasteiger partial charge in [0.05, 0.1) is 0 Å². The van der Waals surface area contributed by atoms with Gasteiger partial charge in [0, 0.05) is 0 Å². The molecule has 20 heavy (non-hydrogen) atoms. The lowest BCUT2D eigenvalue weighted by Gasteiger charge is -2.45. The van der Waals surface area contributed by atoms with Crippen molar-refractivity contribution in [3.63, 3.8) is 0 Å². The SMILES string of the molecule is C=C(CCC)C(C)CCCC(C)(CC)C1(C)CCCC1. The largest absolute Gasteiger partial charge is 0.0996 e. The van der Waals surface area contributed by atoms with Crippen LogP contribution in [0.15, 0.2) is 12.2 Å². The summed E-state index contributed by atoms with van der Waals surface area (Å²) in [6.07, 6.45) is 13.7. The molecule has 0 nitrogen and oxygen atoms in total. The molecule has 1 aliphatic carbocycles. The predicted molar refractivity (Wildman–Crippen MR) is 92.0 cm³/mol. The lowest BCUT2D eigenvalue weighted by atomic mass is 9.60. The standard InChI is InChI=1S/C20H38/c1-7-12-17(3)18(4)13-11-16-19(5,8-2)20(6)14-9-10-15-20/h18H,3,7-16H2,1-2,4-6H3. The quantitative estimate of drug-likeness (QED) is 0.393. The van der Waals surface area contributed by atoms with Gasteiger partial charge in [0.1, 0.15) is 0 Å². The van der Waals surface area contributed by atoms with Crippen molar-refractivity contribution in [2.75, 3.05) is 0 Å². The van der Waals surface area contributed by atoms with E-state index >= 15 is 0 Å². The van der Waals surface area contributed by atoms with E-state index in [0.29, 0.717) is 16.7 Å². The molecule has 0 spiro atoms. The van der Waals surface area contributed by atoms with E-state index in [2.05, 4.69) is 41.2 Å². The van der Waals surface area contributed by atoms with Gasteiger partial charge in [0.2, 0.25) is 0 Å². The summed E-state index contributed by atoms with van der Waals surface area (Å²) < 4.78 is 0. The van der Waals surface area contributed by atoms with Crippen LogP contribution in [0.5, 0.6) is 0 Å². The summed E-state index contributed by atoms with van der Waals surface area (Å²) in [6.45, 7) is 16.4. The second-order valence-corrected chi connectivity index (χ2v) is 7.88. The molecular formula is C20H38. The molecule has 0 amide bonds. The van der Waals surface area contributed by atoms with Crippen molar-refractivity contribution in [2.45, 2.75) is 98.8 Å². The maximum absolute atomic E-state index is 4.27. The van der Waals surface area contributed by atoms with Gasteiger partial charge in [0.25, 0.3) is 0 Å². The Hall–Kier alpha value is -0.260. The number of rotatable bonds is 9. The zero-order valence-electron chi connectivity index (χ0n) is 14.9. The first-order valence-corrected chi connectivity index (χ1v) is 9.06. The Bertz CT molecular complexity index is 295. The van der Waals surface area contributed by atoms with Crippen molar-refractivity contribution in [2.24, 2.45) is 16.7 Å². The second kappa shape index (κ2) is 7.66. The Morgan fingerprint density at radius 3 is 2.35 bits per heavy atom. The van der Waals surface area contributed by atoms with Crippen LogP contribution in [0.4, 0.5) is 0 Å². The molecule has 0 aromatic carbocycles. The average Bonchev–Trinajstić information content (AvgIpc) is 2.87. The maximum atomic E-state index is 4.27. The van der Waals surface area contributed by atoms with Crippen LogP contribution in [-0.4, -0.2) is 0 Å². The van der Waals surface area contributed by atoms with Gasteiger partial charge in [-0.15, -0.1) is 0 Å². The van der Waals surface area contributed by atoms with E-state index < -0.39 is 0 Å². The average molecular weight is 279 g/mol. The minimum atomic E-state index is 0.551. The number of hydrogen-bond donors (Lipinski definition) is 0. The molecule has 0 N–H and O–H groups in total. The van der Waals surface area contributed by atoms with Crippen molar-refractivity contribution in [1.29, 1.82) is 0 Å². The van der Waals surface area contributed by atoms with Gasteiger partial charge in [-0.05, 0) is 48.9 Å². The zero-order valence-corrected chi connectivity index (χ0v) is 14.9. The third-order valence-corrected chi connectivity index (χ3v) is 6.58. The van der Waals surface area contributed by atoms with Crippen LogP contribution in [0, 0.1) is 16.7 Å². The molecule has 0 bridgehead atoms. The van der Waals surface area contributed by atoms with Gasteiger partial charge in [-0.3, -0.25) is 0 Å². The molecule has 2 unspecified atom stereocenters. The molecule has 2 atom stereocenters. The number of allylic oxidation sites excluding steroid dienone is 1. The van der Waals surface area contributed by atoms with Gasteiger partial charge in [-0.1, -0.05) is 78.9 Å². The topological polar surface area (TPSA) is 0 Å². The van der Waals surface area contributed by atoms with E-state index in [1.54, 1.807) is 0 Å². The molecule has 1 aliphatic rings. The molecule has 1 rings (SSSR count). The van der Waals surface area contributed by atoms with Crippen LogP contribution in [0.2, 0.25) is 0 Å². The Morgan fingerprint density at radius 2 is 1.85 bits per heavy atom. The highest BCUT2D eigenvalue weighted by Gasteiger charge is 2.44. The molecule has 118 valence electrons. The molecule has 0 saturated heterocycles. The Labute approximate surface area is 128 Å². The van der Waals surface area contributed by atoms with Crippen LogP contribution in [0.1, 0.15) is 98.8 Å². The van der Waals surface area contributed by atoms with Gasteiger partial charge >= 0.3 is 0 Å². The minimum Gasteiger partial charge on any atom is -0.0996 e. The lowest BCUT2D eigenvalue weighted by Crippen LogP contribution is -2.35. The lowest BCUT2D eigenvalue weighted by molar-refractivity contribution is 0.0564. The van der Waals surface area contributed by atoms with Crippen molar-refractivity contribution < 1.29 is 0 Å². The van der Waals surface area contributed by atoms with Crippen molar-refractivity contribution in [3.05, 3.63) is 12.2 Å². The zero-order chi connectivity index (χ0) is 15.2. The molecule has 0 aromatic rings. The summed E-state index contributed by atoms with van der Waals surface area (Å²) in [6, 6.07) is 0. The van der Waals surface area contributed by atoms with Gasteiger partial charge < -0.3 is 0 Å². The van der Waals surface area contributed by atoms with Crippen LogP contribution < -0.4 is 0 Å². The third kappa shape index (κ3) is 4.12. The predicted octanol–water partition coefficient (Wildman–Crippen LogP) is 7.15. The van der Waals surface area contributed by atoms with Crippen LogP contribution in [-0.2, 0) is 0 Å². The van der Waals surface area contributed by atoms with Crippen molar-refractivity contribution in [1.82, 2.24) is 0 Å². The van der Waals surface area contributed by atoms with E-state index in [-0.39, 0.29) is 0 Å². The maximum Gasteiger partial charge on any atom is -0.0234 e. The normalized spacial score (nSPS) is 22.4. The molecule has 0 aliphatic heterocycles. The summed E-state index contributed by atoms with van der Waals surface area (Å²) >= 11 is 0. The number of hydrogen-bond acceptors (Lipinski definition) is 0. The molecular weight excluding hydrogens is 240 g/mol. The van der Waals surface area contributed by atoms with Crippen LogP contribution >= 0.6 is 0 Å². The Balaban J connectivity index is 2.47. The van der Waals surface area contributed by atoms with Gasteiger partial charge in [0.15, 0.2) is 0 Å². The van der Waals surface area contributed by atoms with Crippen LogP contribution in [0.3, 0.4) is 0 Å². The van der Waals surface area contributed by atoms with Crippen molar-refractivity contribution >= 4 is 0 Å². The summed E-state index contributed by atoms with van der Waals surface area (Å²) in [4.78, 5) is 0. The molecule has 1 fully saturated rings. The smallest absolute Gasteiger partial charge is 0.0234 e. The summed E-state index contributed by atoms with van der Waals surface area (Å²) in [7, 11) is 0. The third-order valence-electron chi connectivity index (χ3n) is 6.58. The molecule has 1 saturated carbocycles. The van der Waals surface area contributed by atoms with Crippen LogP contribution in [0.25, 0.3) is 0 Å². The second-order valence-electron chi connectivity index (χ2n) is 7.88. The fraction of sp³-hybridized carbons (Fsp3) is 0.900. The minimum absolute atomic E-state index is 0.551. The fourth-order valence-corrected chi connectivity index (χ4v) is 4.23. The Kier molecular flexibility index (Phi) is 6.82. The molecule has 0 radical (unpaired) electrons. The monoisotopic (exact) mass is 278 g/mol. The van der Waals surface area contributed by atoms with E-state index in [1.807, 2.05) is 0 Å². The van der Waals surface area contributed by atoms with E-state index in [1.165, 1.54) is 69.8 Å². The van der Waals surface area contributed by atoms with Gasteiger partial charge in [-0.25, -0.2) is 0 Å². The summed E-state index contributed by atoms with van der Waals surface area (Å²) in [5.41, 5.74) is 2.62. The van der Waals surface area contributed by atoms with E-state index in [9.17, 15) is 0 Å². The molecule has 0 heteroatoms. The fourth-order valence-electron chi connectivity index (χ4n) is 4.23. The first-order valence-electron chi connectivity index (χ1n) is 9.06. The highest BCUT2D eigenvalue weighted by molar-refractivity contribution is 4.99.